The zero-order valence-electron chi connectivity index (χ0n) is 28.9. The van der Waals surface area contributed by atoms with E-state index in [1.54, 1.807) is 0 Å². The lowest BCUT2D eigenvalue weighted by Crippen LogP contribution is -1.91. The number of hydrogen-bond donors (Lipinski definition) is 0. The van der Waals surface area contributed by atoms with Crippen LogP contribution < -0.4 is 0 Å². The van der Waals surface area contributed by atoms with E-state index in [0.717, 1.165) is 0 Å². The summed E-state index contributed by atoms with van der Waals surface area (Å²) >= 11 is 1.88. The first-order chi connectivity index (χ1) is 26.3. The molecule has 11 rings (SSSR count). The Morgan fingerprint density at radius 2 is 0.717 bits per heavy atom. The molecule has 10 aromatic carbocycles. The molecule has 0 atom stereocenters. The monoisotopic (exact) mass is 688 g/mol. The fourth-order valence-corrected chi connectivity index (χ4v) is 9.84. The molecule has 1 heteroatoms. The van der Waals surface area contributed by atoms with E-state index in [1.807, 2.05) is 11.3 Å². The number of hydrogen-bond acceptors (Lipinski definition) is 1. The molecule has 0 nitrogen and oxygen atoms in total. The molecule has 0 unspecified atom stereocenters. The number of benzene rings is 10. The van der Waals surface area contributed by atoms with Gasteiger partial charge in [-0.05, 0) is 106 Å². The summed E-state index contributed by atoms with van der Waals surface area (Å²) in [7, 11) is 0. The number of thiophene rings is 1. The average molecular weight is 689 g/mol. The molecule has 1 aromatic heterocycles. The van der Waals surface area contributed by atoms with E-state index in [9.17, 15) is 0 Å². The van der Waals surface area contributed by atoms with Crippen molar-refractivity contribution in [2.24, 2.45) is 0 Å². The van der Waals surface area contributed by atoms with E-state index in [4.69, 9.17) is 0 Å². The van der Waals surface area contributed by atoms with Crippen LogP contribution in [0.2, 0.25) is 0 Å². The van der Waals surface area contributed by atoms with Crippen LogP contribution in [0.15, 0.2) is 194 Å². The van der Waals surface area contributed by atoms with Crippen molar-refractivity contribution in [2.45, 2.75) is 0 Å². The van der Waals surface area contributed by atoms with Crippen LogP contribution in [0.5, 0.6) is 0 Å². The molecule has 0 aliphatic rings. The second-order valence-electron chi connectivity index (χ2n) is 14.0. The number of fused-ring (bicyclic) bond motifs is 8. The lowest BCUT2D eigenvalue weighted by molar-refractivity contribution is 1.60. The molecule has 0 aliphatic heterocycles. The molecule has 0 spiro atoms. The number of rotatable bonds is 4. The van der Waals surface area contributed by atoms with Gasteiger partial charge in [0.05, 0.1) is 0 Å². The van der Waals surface area contributed by atoms with E-state index < -0.39 is 0 Å². The van der Waals surface area contributed by atoms with Crippen molar-refractivity contribution in [1.29, 1.82) is 0 Å². The molecule has 0 fully saturated rings. The Balaban J connectivity index is 1.08. The van der Waals surface area contributed by atoms with Crippen LogP contribution in [0.3, 0.4) is 0 Å². The minimum absolute atomic E-state index is 1.21. The van der Waals surface area contributed by atoms with Gasteiger partial charge in [0.2, 0.25) is 0 Å². The molecule has 1 heterocycles. The molecule has 0 saturated heterocycles. The average Bonchev–Trinajstić information content (AvgIpc) is 3.60. The normalized spacial score (nSPS) is 11.8. The van der Waals surface area contributed by atoms with E-state index in [0.29, 0.717) is 0 Å². The molecule has 53 heavy (non-hydrogen) atoms. The van der Waals surface area contributed by atoms with E-state index in [1.165, 1.54) is 108 Å². The molecule has 0 saturated carbocycles. The predicted molar refractivity (Wildman–Crippen MR) is 231 cm³/mol. The maximum Gasteiger partial charge on any atom is 0.0361 e. The summed E-state index contributed by atoms with van der Waals surface area (Å²) in [5, 5.41) is 12.9. The van der Waals surface area contributed by atoms with Crippen LogP contribution in [0.1, 0.15) is 0 Å². The van der Waals surface area contributed by atoms with Gasteiger partial charge >= 0.3 is 0 Å². The van der Waals surface area contributed by atoms with Gasteiger partial charge < -0.3 is 0 Å². The Hall–Kier alpha value is -6.54. The van der Waals surface area contributed by atoms with Crippen molar-refractivity contribution in [1.82, 2.24) is 0 Å². The van der Waals surface area contributed by atoms with Gasteiger partial charge in [0.15, 0.2) is 0 Å². The minimum Gasteiger partial charge on any atom is -0.135 e. The lowest BCUT2D eigenvalue weighted by Gasteiger charge is -2.18. The summed E-state index contributed by atoms with van der Waals surface area (Å²) in [4.78, 5) is 0. The third-order valence-electron chi connectivity index (χ3n) is 11.1. The van der Waals surface area contributed by atoms with Crippen molar-refractivity contribution in [3.63, 3.8) is 0 Å². The molecule has 11 aromatic rings. The van der Waals surface area contributed by atoms with E-state index >= 15 is 0 Å². The highest BCUT2D eigenvalue weighted by atomic mass is 32.1. The molecular formula is C52H32S. The largest absolute Gasteiger partial charge is 0.135 e. The first kappa shape index (κ1) is 30.1. The van der Waals surface area contributed by atoms with Gasteiger partial charge in [0.1, 0.15) is 0 Å². The van der Waals surface area contributed by atoms with Crippen LogP contribution in [-0.2, 0) is 0 Å². The predicted octanol–water partition coefficient (Wildman–Crippen LogP) is 15.3. The lowest BCUT2D eigenvalue weighted by atomic mass is 9.85. The van der Waals surface area contributed by atoms with Gasteiger partial charge in [-0.3, -0.25) is 0 Å². The second-order valence-corrected chi connectivity index (χ2v) is 15.0. The quantitative estimate of drug-likeness (QED) is 0.128. The Bertz CT molecular complexity index is 3160. The van der Waals surface area contributed by atoms with Crippen molar-refractivity contribution < 1.29 is 0 Å². The Morgan fingerprint density at radius 1 is 0.245 bits per heavy atom. The topological polar surface area (TPSA) is 0 Å². The zero-order chi connectivity index (χ0) is 34.9. The van der Waals surface area contributed by atoms with Crippen LogP contribution in [0.4, 0.5) is 0 Å². The van der Waals surface area contributed by atoms with Gasteiger partial charge in [-0.1, -0.05) is 176 Å². The van der Waals surface area contributed by atoms with Crippen LogP contribution >= 0.6 is 11.3 Å². The first-order valence-corrected chi connectivity index (χ1v) is 19.1. The second kappa shape index (κ2) is 12.0. The van der Waals surface area contributed by atoms with Crippen molar-refractivity contribution >= 4 is 74.6 Å². The van der Waals surface area contributed by atoms with Crippen molar-refractivity contribution in [2.75, 3.05) is 0 Å². The van der Waals surface area contributed by atoms with E-state index in [-0.39, 0.29) is 0 Å². The maximum atomic E-state index is 2.40. The SMILES string of the molecule is c1ccc(-c2cc3ccccc3c3ccccc23)c(-c2ccc(-c3c4ccccc4c(-c4ccc5c(c4)sc4ccccc45)c4ccccc34)cc2)c1. The highest BCUT2D eigenvalue weighted by molar-refractivity contribution is 7.25. The highest BCUT2D eigenvalue weighted by Gasteiger charge is 2.18. The van der Waals surface area contributed by atoms with Crippen LogP contribution in [0, 0.1) is 0 Å². The third kappa shape index (κ3) is 4.75. The summed E-state index contributed by atoms with van der Waals surface area (Å²) in [6.07, 6.45) is 0. The maximum absolute atomic E-state index is 2.40. The first-order valence-electron chi connectivity index (χ1n) is 18.3. The standard InChI is InChI=1S/C52H32S/c1-2-15-38-35(13-1)31-48(41-18-6-5-16-39(38)41)40-17-4-3-14-37(40)33-25-27-34(28-26-33)51-44-20-7-9-22-46(44)52(47-23-10-8-21-45(47)51)36-29-30-43-42-19-11-12-24-49(42)53-50(43)32-36/h1-32H. The summed E-state index contributed by atoms with van der Waals surface area (Å²) in [5.74, 6) is 0. The summed E-state index contributed by atoms with van der Waals surface area (Å²) in [5.41, 5.74) is 10.0. The van der Waals surface area contributed by atoms with Crippen molar-refractivity contribution in [3.8, 4) is 44.5 Å². The van der Waals surface area contributed by atoms with Crippen molar-refractivity contribution in [3.05, 3.63) is 194 Å². The Kier molecular flexibility index (Phi) is 6.83. The molecule has 0 N–H and O–H groups in total. The van der Waals surface area contributed by atoms with Crippen LogP contribution in [-0.4, -0.2) is 0 Å². The Labute approximate surface area is 311 Å². The molecule has 0 radical (unpaired) electrons. The van der Waals surface area contributed by atoms with Crippen LogP contribution in [0.25, 0.3) is 108 Å². The van der Waals surface area contributed by atoms with E-state index in [2.05, 4.69) is 194 Å². The molecule has 0 bridgehead atoms. The fourth-order valence-electron chi connectivity index (χ4n) is 8.70. The molecule has 246 valence electrons. The highest BCUT2D eigenvalue weighted by Crippen LogP contribution is 2.46. The zero-order valence-corrected chi connectivity index (χ0v) is 29.7. The molecule has 0 amide bonds. The smallest absolute Gasteiger partial charge is 0.0361 e. The Morgan fingerprint density at radius 3 is 1.42 bits per heavy atom. The van der Waals surface area contributed by atoms with Gasteiger partial charge in [0, 0.05) is 20.2 Å². The van der Waals surface area contributed by atoms with Gasteiger partial charge in [-0.2, -0.15) is 0 Å². The van der Waals surface area contributed by atoms with Gasteiger partial charge in [-0.25, -0.2) is 0 Å². The molecule has 0 aliphatic carbocycles. The summed E-state index contributed by atoms with van der Waals surface area (Å²) in [6.45, 7) is 0. The van der Waals surface area contributed by atoms with Gasteiger partial charge in [0.25, 0.3) is 0 Å². The fraction of sp³-hybridized carbons (Fsp3) is 0. The summed E-state index contributed by atoms with van der Waals surface area (Å²) in [6, 6.07) is 71.7. The third-order valence-corrected chi connectivity index (χ3v) is 12.2. The minimum atomic E-state index is 1.21. The summed E-state index contributed by atoms with van der Waals surface area (Å²) < 4.78 is 2.66. The van der Waals surface area contributed by atoms with Gasteiger partial charge in [-0.15, -0.1) is 11.3 Å². The molecular weight excluding hydrogens is 657 g/mol.